The summed E-state index contributed by atoms with van der Waals surface area (Å²) in [6.07, 6.45) is 1.61. The van der Waals surface area contributed by atoms with Crippen molar-refractivity contribution in [3.63, 3.8) is 0 Å². The number of thiophene rings is 1. The van der Waals surface area contributed by atoms with Gasteiger partial charge in [0.05, 0.1) is 12.8 Å². The molecule has 0 spiro atoms. The number of hydrogen-bond acceptors (Lipinski definition) is 5. The molecule has 1 amide bonds. The fourth-order valence-electron chi connectivity index (χ4n) is 2.61. The standard InChI is InChI=1S/C18H15NO4S/c20-18(14-3-4-16-17(8-14)23-12-22-16)19(9-13-5-7-24-11-13)10-15-2-1-6-21-15/h1-8,11H,9-10,12H2. The molecule has 5 nitrogen and oxygen atoms in total. The van der Waals surface area contributed by atoms with Gasteiger partial charge in [-0.1, -0.05) is 0 Å². The minimum absolute atomic E-state index is 0.0732. The number of furan rings is 1. The van der Waals surface area contributed by atoms with Crippen molar-refractivity contribution in [1.29, 1.82) is 0 Å². The van der Waals surface area contributed by atoms with Gasteiger partial charge in [-0.3, -0.25) is 4.79 Å². The van der Waals surface area contributed by atoms with Crippen molar-refractivity contribution in [2.45, 2.75) is 13.1 Å². The zero-order valence-corrected chi connectivity index (χ0v) is 13.6. The van der Waals surface area contributed by atoms with E-state index in [1.54, 1.807) is 40.7 Å². The maximum atomic E-state index is 13.0. The van der Waals surface area contributed by atoms with Gasteiger partial charge in [0.1, 0.15) is 5.76 Å². The SMILES string of the molecule is O=C(c1ccc2c(c1)OCO2)N(Cc1ccsc1)Cc1ccco1. The zero-order valence-electron chi connectivity index (χ0n) is 12.8. The second kappa shape index (κ2) is 6.41. The van der Waals surface area contributed by atoms with Crippen LogP contribution in [-0.4, -0.2) is 17.6 Å². The normalized spacial score (nSPS) is 12.3. The highest BCUT2D eigenvalue weighted by molar-refractivity contribution is 7.07. The molecule has 0 unspecified atom stereocenters. The molecule has 0 saturated carbocycles. The van der Waals surface area contributed by atoms with Crippen LogP contribution < -0.4 is 9.47 Å². The van der Waals surface area contributed by atoms with E-state index in [1.165, 1.54) is 0 Å². The van der Waals surface area contributed by atoms with Gasteiger partial charge in [0, 0.05) is 12.1 Å². The number of carbonyl (C=O) groups excluding carboxylic acids is 1. The van der Waals surface area contributed by atoms with E-state index in [0.717, 1.165) is 11.3 Å². The smallest absolute Gasteiger partial charge is 0.254 e. The van der Waals surface area contributed by atoms with Gasteiger partial charge in [0.15, 0.2) is 11.5 Å². The molecule has 0 fully saturated rings. The number of carbonyl (C=O) groups is 1. The second-order valence-electron chi connectivity index (χ2n) is 5.44. The van der Waals surface area contributed by atoms with E-state index in [0.29, 0.717) is 30.2 Å². The van der Waals surface area contributed by atoms with Crippen LogP contribution in [0.2, 0.25) is 0 Å². The number of amides is 1. The average Bonchev–Trinajstić information content (AvgIpc) is 3.35. The van der Waals surface area contributed by atoms with Crippen LogP contribution >= 0.6 is 11.3 Å². The van der Waals surface area contributed by atoms with Crippen molar-refractivity contribution in [2.24, 2.45) is 0 Å². The molecule has 0 aliphatic carbocycles. The average molecular weight is 341 g/mol. The van der Waals surface area contributed by atoms with Gasteiger partial charge < -0.3 is 18.8 Å². The van der Waals surface area contributed by atoms with E-state index >= 15 is 0 Å². The molecular formula is C18H15NO4S. The van der Waals surface area contributed by atoms with Crippen molar-refractivity contribution in [3.8, 4) is 11.5 Å². The Morgan fingerprint density at radius 2 is 2.04 bits per heavy atom. The predicted molar refractivity (Wildman–Crippen MR) is 89.2 cm³/mol. The Bertz CT molecular complexity index is 791. The van der Waals surface area contributed by atoms with Gasteiger partial charge in [-0.25, -0.2) is 0 Å². The molecule has 0 radical (unpaired) electrons. The van der Waals surface area contributed by atoms with Gasteiger partial charge in [0.25, 0.3) is 5.91 Å². The van der Waals surface area contributed by atoms with Crippen LogP contribution in [0.5, 0.6) is 11.5 Å². The molecule has 0 atom stereocenters. The maximum absolute atomic E-state index is 13.0. The molecule has 24 heavy (non-hydrogen) atoms. The Balaban J connectivity index is 1.60. The summed E-state index contributed by atoms with van der Waals surface area (Å²) in [5.74, 6) is 1.95. The summed E-state index contributed by atoms with van der Waals surface area (Å²) < 4.78 is 16.1. The van der Waals surface area contributed by atoms with Gasteiger partial charge >= 0.3 is 0 Å². The predicted octanol–water partition coefficient (Wildman–Crippen LogP) is 3.91. The summed E-state index contributed by atoms with van der Waals surface area (Å²) in [6.45, 7) is 1.13. The summed E-state index contributed by atoms with van der Waals surface area (Å²) in [5, 5.41) is 4.05. The van der Waals surface area contributed by atoms with Gasteiger partial charge in [0.2, 0.25) is 6.79 Å². The van der Waals surface area contributed by atoms with E-state index in [1.807, 2.05) is 29.0 Å². The number of rotatable bonds is 5. The van der Waals surface area contributed by atoms with Crippen molar-refractivity contribution < 1.29 is 18.7 Å². The molecule has 2 aromatic heterocycles. The summed E-state index contributed by atoms with van der Waals surface area (Å²) in [7, 11) is 0. The molecule has 0 saturated heterocycles. The summed E-state index contributed by atoms with van der Waals surface area (Å²) in [5.41, 5.74) is 1.67. The molecule has 0 N–H and O–H groups in total. The third-order valence-corrected chi connectivity index (χ3v) is 4.52. The lowest BCUT2D eigenvalue weighted by atomic mass is 10.1. The summed E-state index contributed by atoms with van der Waals surface area (Å²) >= 11 is 1.62. The summed E-state index contributed by atoms with van der Waals surface area (Å²) in [4.78, 5) is 14.8. The Hall–Kier alpha value is -2.73. The van der Waals surface area contributed by atoms with Crippen LogP contribution in [0.25, 0.3) is 0 Å². The first kappa shape index (κ1) is 14.8. The monoisotopic (exact) mass is 341 g/mol. The number of benzene rings is 1. The Morgan fingerprint density at radius 1 is 1.12 bits per heavy atom. The first-order chi connectivity index (χ1) is 11.8. The van der Waals surface area contributed by atoms with Crippen LogP contribution in [0.3, 0.4) is 0 Å². The number of fused-ring (bicyclic) bond motifs is 1. The lowest BCUT2D eigenvalue weighted by Crippen LogP contribution is -2.29. The number of hydrogen-bond donors (Lipinski definition) is 0. The highest BCUT2D eigenvalue weighted by atomic mass is 32.1. The minimum Gasteiger partial charge on any atom is -0.467 e. The molecule has 3 aromatic rings. The van der Waals surface area contributed by atoms with Crippen molar-refractivity contribution in [2.75, 3.05) is 6.79 Å². The Morgan fingerprint density at radius 3 is 2.83 bits per heavy atom. The van der Waals surface area contributed by atoms with Gasteiger partial charge in [-0.2, -0.15) is 11.3 Å². The largest absolute Gasteiger partial charge is 0.467 e. The van der Waals surface area contributed by atoms with Crippen molar-refractivity contribution in [3.05, 3.63) is 70.3 Å². The van der Waals surface area contributed by atoms with Crippen LogP contribution in [0.1, 0.15) is 21.7 Å². The van der Waals surface area contributed by atoms with E-state index in [9.17, 15) is 4.79 Å². The molecular weight excluding hydrogens is 326 g/mol. The van der Waals surface area contributed by atoms with E-state index < -0.39 is 0 Å². The third-order valence-electron chi connectivity index (χ3n) is 3.79. The van der Waals surface area contributed by atoms with Crippen LogP contribution in [0.15, 0.2) is 57.8 Å². The van der Waals surface area contributed by atoms with Gasteiger partial charge in [-0.15, -0.1) is 0 Å². The lowest BCUT2D eigenvalue weighted by Gasteiger charge is -2.21. The second-order valence-corrected chi connectivity index (χ2v) is 6.22. The highest BCUT2D eigenvalue weighted by Crippen LogP contribution is 2.33. The molecule has 122 valence electrons. The summed E-state index contributed by atoms with van der Waals surface area (Å²) in [6, 6.07) is 11.0. The highest BCUT2D eigenvalue weighted by Gasteiger charge is 2.21. The molecule has 1 aliphatic rings. The topological polar surface area (TPSA) is 51.9 Å². The van der Waals surface area contributed by atoms with Crippen LogP contribution in [-0.2, 0) is 13.1 Å². The van der Waals surface area contributed by atoms with E-state index in [4.69, 9.17) is 13.9 Å². The molecule has 6 heteroatoms. The molecule has 3 heterocycles. The van der Waals surface area contributed by atoms with Crippen LogP contribution in [0, 0.1) is 0 Å². The Kier molecular flexibility index (Phi) is 3.96. The van der Waals surface area contributed by atoms with E-state index in [2.05, 4.69) is 0 Å². The third kappa shape index (κ3) is 3.00. The molecule has 1 aromatic carbocycles. The zero-order chi connectivity index (χ0) is 16.4. The Labute approximate surface area is 143 Å². The fourth-order valence-corrected chi connectivity index (χ4v) is 3.27. The molecule has 1 aliphatic heterocycles. The fraction of sp³-hybridized carbons (Fsp3) is 0.167. The minimum atomic E-state index is -0.0732. The maximum Gasteiger partial charge on any atom is 0.254 e. The molecule has 4 rings (SSSR count). The first-order valence-corrected chi connectivity index (χ1v) is 8.46. The van der Waals surface area contributed by atoms with Crippen molar-refractivity contribution in [1.82, 2.24) is 4.90 Å². The number of ether oxygens (including phenoxy) is 2. The quantitative estimate of drug-likeness (QED) is 0.706. The number of nitrogens with zero attached hydrogens (tertiary/aromatic N) is 1. The van der Waals surface area contributed by atoms with Gasteiger partial charge in [-0.05, 0) is 52.7 Å². The molecule has 0 bridgehead atoms. The lowest BCUT2D eigenvalue weighted by molar-refractivity contribution is 0.0717. The van der Waals surface area contributed by atoms with E-state index in [-0.39, 0.29) is 12.7 Å². The first-order valence-electron chi connectivity index (χ1n) is 7.52. The van der Waals surface area contributed by atoms with Crippen LogP contribution in [0.4, 0.5) is 0 Å². The van der Waals surface area contributed by atoms with Crippen molar-refractivity contribution >= 4 is 17.2 Å².